The maximum absolute atomic E-state index is 12.0. The fourth-order valence-electron chi connectivity index (χ4n) is 3.09. The van der Waals surface area contributed by atoms with E-state index in [4.69, 9.17) is 4.74 Å². The Bertz CT molecular complexity index is 555. The van der Waals surface area contributed by atoms with Gasteiger partial charge in [0.15, 0.2) is 0 Å². The minimum absolute atomic E-state index is 0.0379. The Kier molecular flexibility index (Phi) is 4.45. The quantitative estimate of drug-likeness (QED) is 0.773. The predicted molar refractivity (Wildman–Crippen MR) is 80.1 cm³/mol. The van der Waals surface area contributed by atoms with E-state index in [2.05, 4.69) is 5.10 Å². The van der Waals surface area contributed by atoms with E-state index in [1.807, 2.05) is 24.3 Å². The lowest BCUT2D eigenvalue weighted by Crippen LogP contribution is -2.34. The first kappa shape index (κ1) is 15.1. The largest absolute Gasteiger partial charge is 0.464 e. The summed E-state index contributed by atoms with van der Waals surface area (Å²) in [5.74, 6) is 0.259. The van der Waals surface area contributed by atoms with Crippen LogP contribution in [0.1, 0.15) is 43.6 Å². The average Bonchev–Trinajstić information content (AvgIpc) is 3.22. The number of carbonyl (C=O) groups excluding carboxylic acids is 2. The Morgan fingerprint density at radius 2 is 2.27 bits per heavy atom. The van der Waals surface area contributed by atoms with Crippen molar-refractivity contribution in [2.24, 2.45) is 13.0 Å². The fourth-order valence-corrected chi connectivity index (χ4v) is 3.09. The number of likely N-dealkylation sites (tertiary alicyclic amines) is 1. The van der Waals surface area contributed by atoms with Crippen LogP contribution < -0.4 is 0 Å². The second-order valence-electron chi connectivity index (χ2n) is 6.25. The lowest BCUT2D eigenvalue weighted by Gasteiger charge is -2.20. The number of aryl methyl sites for hydroxylation is 1. The third-order valence-electron chi connectivity index (χ3n) is 4.52. The maximum atomic E-state index is 12.0. The van der Waals surface area contributed by atoms with E-state index in [0.29, 0.717) is 19.6 Å². The third-order valence-corrected chi connectivity index (χ3v) is 4.52. The molecule has 0 aromatic carbocycles. The Labute approximate surface area is 130 Å². The van der Waals surface area contributed by atoms with Crippen LogP contribution in [-0.2, 0) is 21.4 Å². The molecular weight excluding hydrogens is 282 g/mol. The third kappa shape index (κ3) is 3.48. The molecule has 0 unspecified atom stereocenters. The molecule has 22 heavy (non-hydrogen) atoms. The Hall–Kier alpha value is -1.85. The Balaban J connectivity index is 1.41. The fraction of sp³-hybridized carbons (Fsp3) is 0.688. The molecule has 0 bridgehead atoms. The number of nitrogens with zero attached hydrogens (tertiary/aromatic N) is 3. The summed E-state index contributed by atoms with van der Waals surface area (Å²) >= 11 is 0. The summed E-state index contributed by atoms with van der Waals surface area (Å²) in [6.07, 6.45) is 8.36. The van der Waals surface area contributed by atoms with Gasteiger partial charge in [0, 0.05) is 32.1 Å². The lowest BCUT2D eigenvalue weighted by atomic mass is 10.2. The first-order chi connectivity index (χ1) is 10.6. The highest BCUT2D eigenvalue weighted by molar-refractivity contribution is 5.78. The van der Waals surface area contributed by atoms with Gasteiger partial charge in [-0.1, -0.05) is 6.42 Å². The summed E-state index contributed by atoms with van der Waals surface area (Å²) in [6, 6.07) is 0. The van der Waals surface area contributed by atoms with Crippen LogP contribution in [0.3, 0.4) is 0 Å². The SMILES string of the molecule is Cn1cc([C@@H]2C[C@H]2C(=O)OCCN2CCCCCC2=O)cn1. The van der Waals surface area contributed by atoms with Crippen LogP contribution in [0.5, 0.6) is 0 Å². The monoisotopic (exact) mass is 305 g/mol. The van der Waals surface area contributed by atoms with Gasteiger partial charge in [-0.25, -0.2) is 0 Å². The highest BCUT2D eigenvalue weighted by Crippen LogP contribution is 2.47. The maximum Gasteiger partial charge on any atom is 0.309 e. The molecule has 1 aromatic heterocycles. The van der Waals surface area contributed by atoms with Crippen molar-refractivity contribution >= 4 is 11.9 Å². The van der Waals surface area contributed by atoms with Crippen LogP contribution in [-0.4, -0.2) is 46.3 Å². The zero-order valence-corrected chi connectivity index (χ0v) is 13.0. The van der Waals surface area contributed by atoms with Gasteiger partial charge in [-0.3, -0.25) is 14.3 Å². The number of hydrogen-bond acceptors (Lipinski definition) is 4. The average molecular weight is 305 g/mol. The number of hydrogen-bond donors (Lipinski definition) is 0. The number of rotatable bonds is 5. The predicted octanol–water partition coefficient (Wildman–Crippen LogP) is 1.47. The molecule has 6 heteroatoms. The molecular formula is C16H23N3O3. The first-order valence-electron chi connectivity index (χ1n) is 8.08. The first-order valence-corrected chi connectivity index (χ1v) is 8.08. The summed E-state index contributed by atoms with van der Waals surface area (Å²) in [5, 5.41) is 4.13. The van der Waals surface area contributed by atoms with E-state index in [-0.39, 0.29) is 23.7 Å². The molecule has 1 aromatic rings. The molecule has 2 atom stereocenters. The van der Waals surface area contributed by atoms with Gasteiger partial charge in [0.25, 0.3) is 0 Å². The molecule has 0 radical (unpaired) electrons. The number of esters is 1. The summed E-state index contributed by atoms with van der Waals surface area (Å²) in [5.41, 5.74) is 1.10. The van der Waals surface area contributed by atoms with E-state index in [1.165, 1.54) is 0 Å². The number of amides is 1. The van der Waals surface area contributed by atoms with Gasteiger partial charge in [-0.15, -0.1) is 0 Å². The van der Waals surface area contributed by atoms with Crippen LogP contribution in [0, 0.1) is 5.92 Å². The topological polar surface area (TPSA) is 64.4 Å². The van der Waals surface area contributed by atoms with Crippen LogP contribution in [0.2, 0.25) is 0 Å². The molecule has 1 amide bonds. The van der Waals surface area contributed by atoms with Crippen molar-refractivity contribution in [3.8, 4) is 0 Å². The van der Waals surface area contributed by atoms with Gasteiger partial charge in [0.1, 0.15) is 6.61 Å². The standard InChI is InChI=1S/C16H23N3O3/c1-18-11-12(10-17-18)13-9-14(13)16(21)22-8-7-19-6-4-2-3-5-15(19)20/h10-11,13-14H,2-9H2,1H3/t13-,14+/m0/s1. The van der Waals surface area contributed by atoms with Crippen molar-refractivity contribution in [3.63, 3.8) is 0 Å². The molecule has 0 N–H and O–H groups in total. The van der Waals surface area contributed by atoms with Gasteiger partial charge in [-0.05, 0) is 24.8 Å². The van der Waals surface area contributed by atoms with Crippen molar-refractivity contribution in [2.75, 3.05) is 19.7 Å². The van der Waals surface area contributed by atoms with Crippen LogP contribution in [0.15, 0.2) is 12.4 Å². The van der Waals surface area contributed by atoms with Gasteiger partial charge < -0.3 is 9.64 Å². The van der Waals surface area contributed by atoms with Crippen LogP contribution in [0.4, 0.5) is 0 Å². The minimum atomic E-state index is -0.142. The molecule has 3 rings (SSSR count). The summed E-state index contributed by atoms with van der Waals surface area (Å²) < 4.78 is 7.11. The molecule has 0 spiro atoms. The zero-order valence-electron chi connectivity index (χ0n) is 13.0. The van der Waals surface area contributed by atoms with E-state index >= 15 is 0 Å². The van der Waals surface area contributed by atoms with Crippen molar-refractivity contribution < 1.29 is 14.3 Å². The molecule has 1 saturated carbocycles. The molecule has 1 aliphatic carbocycles. The van der Waals surface area contributed by atoms with Gasteiger partial charge in [-0.2, -0.15) is 5.10 Å². The van der Waals surface area contributed by atoms with Crippen molar-refractivity contribution in [1.82, 2.24) is 14.7 Å². The summed E-state index contributed by atoms with van der Waals surface area (Å²) in [7, 11) is 1.87. The highest BCUT2D eigenvalue weighted by atomic mass is 16.5. The Morgan fingerprint density at radius 1 is 1.41 bits per heavy atom. The lowest BCUT2D eigenvalue weighted by molar-refractivity contribution is -0.147. The second kappa shape index (κ2) is 6.50. The molecule has 2 aliphatic rings. The molecule has 2 heterocycles. The van der Waals surface area contributed by atoms with E-state index < -0.39 is 0 Å². The van der Waals surface area contributed by atoms with Crippen molar-refractivity contribution in [2.45, 2.75) is 38.0 Å². The Morgan fingerprint density at radius 3 is 3.05 bits per heavy atom. The van der Waals surface area contributed by atoms with E-state index in [9.17, 15) is 9.59 Å². The molecule has 6 nitrogen and oxygen atoms in total. The smallest absolute Gasteiger partial charge is 0.309 e. The van der Waals surface area contributed by atoms with Crippen LogP contribution in [0.25, 0.3) is 0 Å². The molecule has 1 aliphatic heterocycles. The number of ether oxygens (including phenoxy) is 1. The van der Waals surface area contributed by atoms with E-state index in [1.54, 1.807) is 4.68 Å². The summed E-state index contributed by atoms with van der Waals surface area (Å²) in [4.78, 5) is 25.7. The number of carbonyl (C=O) groups is 2. The molecule has 1 saturated heterocycles. The van der Waals surface area contributed by atoms with Crippen molar-refractivity contribution in [3.05, 3.63) is 18.0 Å². The van der Waals surface area contributed by atoms with E-state index in [0.717, 1.165) is 37.8 Å². The molecule has 120 valence electrons. The second-order valence-corrected chi connectivity index (χ2v) is 6.25. The molecule has 2 fully saturated rings. The minimum Gasteiger partial charge on any atom is -0.464 e. The van der Waals surface area contributed by atoms with Gasteiger partial charge in [0.05, 0.1) is 18.7 Å². The normalized spacial score (nSPS) is 25.0. The number of aromatic nitrogens is 2. The highest BCUT2D eigenvalue weighted by Gasteiger charge is 2.45. The summed E-state index contributed by atoms with van der Waals surface area (Å²) in [6.45, 7) is 1.62. The van der Waals surface area contributed by atoms with Crippen LogP contribution >= 0.6 is 0 Å². The van der Waals surface area contributed by atoms with Gasteiger partial charge >= 0.3 is 5.97 Å². The van der Waals surface area contributed by atoms with Gasteiger partial charge in [0.2, 0.25) is 5.91 Å². The zero-order chi connectivity index (χ0) is 15.5. The van der Waals surface area contributed by atoms with Crippen molar-refractivity contribution in [1.29, 1.82) is 0 Å².